The van der Waals surface area contributed by atoms with Gasteiger partial charge >= 0.3 is 5.97 Å². The molecule has 0 atom stereocenters. The Bertz CT molecular complexity index is 855. The van der Waals surface area contributed by atoms with Gasteiger partial charge in [0.15, 0.2) is 4.32 Å². The molecule has 0 aliphatic carbocycles. The summed E-state index contributed by atoms with van der Waals surface area (Å²) in [5, 5.41) is 9.08. The Labute approximate surface area is 142 Å². The first-order valence-corrected chi connectivity index (χ1v) is 7.92. The monoisotopic (exact) mass is 344 g/mol. The van der Waals surface area contributed by atoms with Crippen LogP contribution in [0.2, 0.25) is 0 Å². The van der Waals surface area contributed by atoms with Crippen molar-refractivity contribution in [3.8, 4) is 0 Å². The minimum absolute atomic E-state index is 0.114. The predicted octanol–water partition coefficient (Wildman–Crippen LogP) is 3.13. The molecule has 1 fully saturated rings. The quantitative estimate of drug-likeness (QED) is 0.685. The van der Waals surface area contributed by atoms with E-state index in [1.807, 2.05) is 29.9 Å². The van der Waals surface area contributed by atoms with Gasteiger partial charge in [0.05, 0.1) is 16.2 Å². The number of nitrogens with zero attached hydrogens (tertiary/aromatic N) is 2. The van der Waals surface area contributed by atoms with Crippen LogP contribution in [-0.2, 0) is 11.8 Å². The molecule has 3 rings (SSSR count). The lowest BCUT2D eigenvalue weighted by Crippen LogP contribution is -2.27. The van der Waals surface area contributed by atoms with Gasteiger partial charge in [0.2, 0.25) is 0 Å². The van der Waals surface area contributed by atoms with E-state index in [4.69, 9.17) is 17.3 Å². The number of hydrogen-bond acceptors (Lipinski definition) is 4. The Balaban J connectivity index is 1.96. The minimum atomic E-state index is -1.04. The number of hydrogen-bond donors (Lipinski definition) is 1. The second-order valence-corrected chi connectivity index (χ2v) is 6.59. The number of carboxylic acids is 1. The number of anilines is 1. The molecule has 2 aromatic rings. The predicted molar refractivity (Wildman–Crippen MR) is 94.5 cm³/mol. The summed E-state index contributed by atoms with van der Waals surface area (Å²) < 4.78 is 2.29. The van der Waals surface area contributed by atoms with E-state index in [0.717, 1.165) is 5.69 Å². The second kappa shape index (κ2) is 6.02. The van der Waals surface area contributed by atoms with Crippen LogP contribution < -0.4 is 4.90 Å². The molecule has 1 N–H and O–H groups in total. The normalized spacial score (nSPS) is 16.4. The van der Waals surface area contributed by atoms with Gasteiger partial charge in [-0.1, -0.05) is 30.0 Å². The summed E-state index contributed by atoms with van der Waals surface area (Å²) in [7, 11) is 1.89. The molecular formula is C16H12N2O3S2. The van der Waals surface area contributed by atoms with Gasteiger partial charge in [0.1, 0.15) is 0 Å². The maximum Gasteiger partial charge on any atom is 0.335 e. The number of amides is 1. The molecule has 1 aliphatic heterocycles. The molecule has 23 heavy (non-hydrogen) atoms. The molecule has 0 saturated carbocycles. The summed E-state index contributed by atoms with van der Waals surface area (Å²) in [6.07, 6.45) is 3.67. The number of aryl methyl sites for hydroxylation is 1. The molecule has 1 aromatic heterocycles. The highest BCUT2D eigenvalue weighted by Crippen LogP contribution is 2.36. The lowest BCUT2D eigenvalue weighted by atomic mass is 10.2. The first-order chi connectivity index (χ1) is 11.0. The minimum Gasteiger partial charge on any atom is -0.478 e. The van der Waals surface area contributed by atoms with Gasteiger partial charge in [-0.3, -0.25) is 9.69 Å². The third-order valence-corrected chi connectivity index (χ3v) is 4.71. The van der Waals surface area contributed by atoms with Crippen LogP contribution in [-0.4, -0.2) is 25.9 Å². The number of carbonyl (C=O) groups excluding carboxylic acids is 1. The zero-order valence-corrected chi connectivity index (χ0v) is 13.7. The van der Waals surface area contributed by atoms with Crippen molar-refractivity contribution >= 4 is 51.9 Å². The number of benzene rings is 1. The van der Waals surface area contributed by atoms with Crippen molar-refractivity contribution in [2.45, 2.75) is 0 Å². The average Bonchev–Trinajstić information content (AvgIpc) is 3.03. The summed E-state index contributed by atoms with van der Waals surface area (Å²) in [6.45, 7) is 0. The summed E-state index contributed by atoms with van der Waals surface area (Å²) in [5.74, 6) is -1.29. The first kappa shape index (κ1) is 15.5. The van der Waals surface area contributed by atoms with Crippen molar-refractivity contribution in [2.24, 2.45) is 7.05 Å². The molecule has 0 spiro atoms. The fourth-order valence-electron chi connectivity index (χ4n) is 2.23. The van der Waals surface area contributed by atoms with E-state index >= 15 is 0 Å². The molecule has 0 radical (unpaired) electrons. The summed E-state index contributed by atoms with van der Waals surface area (Å²) in [5.41, 5.74) is 1.47. The van der Waals surface area contributed by atoms with Crippen LogP contribution in [0.4, 0.5) is 5.69 Å². The van der Waals surface area contributed by atoms with Crippen LogP contribution in [0.5, 0.6) is 0 Å². The molecule has 5 nitrogen and oxygen atoms in total. The Morgan fingerprint density at radius 3 is 2.74 bits per heavy atom. The van der Waals surface area contributed by atoms with Gasteiger partial charge in [0, 0.05) is 18.9 Å². The van der Waals surface area contributed by atoms with E-state index in [1.54, 1.807) is 18.2 Å². The van der Waals surface area contributed by atoms with E-state index in [0.29, 0.717) is 14.9 Å². The Morgan fingerprint density at radius 2 is 2.09 bits per heavy atom. The van der Waals surface area contributed by atoms with Crippen LogP contribution in [0.15, 0.2) is 47.5 Å². The van der Waals surface area contributed by atoms with Crippen molar-refractivity contribution in [1.29, 1.82) is 0 Å². The molecule has 1 aliphatic rings. The summed E-state index contributed by atoms with van der Waals surface area (Å²) >= 11 is 6.49. The Hall–Kier alpha value is -2.38. The zero-order valence-electron chi connectivity index (χ0n) is 12.1. The maximum absolute atomic E-state index is 12.6. The van der Waals surface area contributed by atoms with Crippen molar-refractivity contribution < 1.29 is 14.7 Å². The Kier molecular flexibility index (Phi) is 4.06. The fourth-order valence-corrected chi connectivity index (χ4v) is 3.51. The van der Waals surface area contributed by atoms with Gasteiger partial charge in [-0.05, 0) is 36.4 Å². The van der Waals surface area contributed by atoms with E-state index in [-0.39, 0.29) is 11.5 Å². The molecule has 0 bridgehead atoms. The molecule has 2 heterocycles. The lowest BCUT2D eigenvalue weighted by Gasteiger charge is -2.14. The fraction of sp³-hybridized carbons (Fsp3) is 0.0625. The van der Waals surface area contributed by atoms with E-state index < -0.39 is 5.97 Å². The van der Waals surface area contributed by atoms with Crippen LogP contribution in [0.1, 0.15) is 16.1 Å². The smallest absolute Gasteiger partial charge is 0.335 e. The first-order valence-electron chi connectivity index (χ1n) is 6.70. The van der Waals surface area contributed by atoms with Crippen LogP contribution in [0.3, 0.4) is 0 Å². The van der Waals surface area contributed by atoms with Gasteiger partial charge in [0.25, 0.3) is 5.91 Å². The third-order valence-electron chi connectivity index (χ3n) is 3.41. The van der Waals surface area contributed by atoms with Crippen molar-refractivity contribution in [2.75, 3.05) is 4.90 Å². The van der Waals surface area contributed by atoms with E-state index in [1.165, 1.54) is 28.8 Å². The molecule has 1 saturated heterocycles. The highest BCUT2D eigenvalue weighted by Gasteiger charge is 2.33. The summed E-state index contributed by atoms with van der Waals surface area (Å²) in [4.78, 5) is 25.6. The largest absolute Gasteiger partial charge is 0.478 e. The Morgan fingerprint density at radius 1 is 1.30 bits per heavy atom. The van der Waals surface area contributed by atoms with Crippen molar-refractivity contribution in [3.05, 3.63) is 58.8 Å². The molecule has 1 amide bonds. The number of carboxylic acid groups (broad SMARTS) is 1. The van der Waals surface area contributed by atoms with Crippen molar-refractivity contribution in [1.82, 2.24) is 4.57 Å². The zero-order chi connectivity index (χ0) is 16.6. The van der Waals surface area contributed by atoms with Gasteiger partial charge in [-0.2, -0.15) is 0 Å². The number of aromatic nitrogens is 1. The third kappa shape index (κ3) is 2.93. The standard InChI is InChI=1S/C16H12N2O3S2/c1-17-7-3-6-11(17)9-13-14(19)18(16(22)23-13)12-5-2-4-10(8-12)15(20)21/h2-9H,1H3,(H,20,21)/b13-9+. The second-order valence-electron chi connectivity index (χ2n) is 4.92. The lowest BCUT2D eigenvalue weighted by molar-refractivity contribution is -0.113. The summed E-state index contributed by atoms with van der Waals surface area (Å²) in [6, 6.07) is 9.98. The molecule has 0 unspecified atom stereocenters. The number of rotatable bonds is 3. The molecule has 116 valence electrons. The van der Waals surface area contributed by atoms with Gasteiger partial charge < -0.3 is 9.67 Å². The number of aromatic carboxylic acids is 1. The highest BCUT2D eigenvalue weighted by atomic mass is 32.2. The van der Waals surface area contributed by atoms with Crippen LogP contribution in [0.25, 0.3) is 6.08 Å². The molecule has 1 aromatic carbocycles. The van der Waals surface area contributed by atoms with E-state index in [2.05, 4.69) is 0 Å². The van der Waals surface area contributed by atoms with Crippen molar-refractivity contribution in [3.63, 3.8) is 0 Å². The highest BCUT2D eigenvalue weighted by molar-refractivity contribution is 8.27. The van der Waals surface area contributed by atoms with Crippen LogP contribution in [0, 0.1) is 0 Å². The molecule has 7 heteroatoms. The SMILES string of the molecule is Cn1cccc1/C=C1/SC(=S)N(c2cccc(C(=O)O)c2)C1=O. The number of carbonyl (C=O) groups is 2. The van der Waals surface area contributed by atoms with Crippen LogP contribution >= 0.6 is 24.0 Å². The topological polar surface area (TPSA) is 62.5 Å². The van der Waals surface area contributed by atoms with Gasteiger partial charge in [-0.15, -0.1) is 0 Å². The van der Waals surface area contributed by atoms with Gasteiger partial charge in [-0.25, -0.2) is 4.79 Å². The number of thiocarbonyl (C=S) groups is 1. The van der Waals surface area contributed by atoms with E-state index in [9.17, 15) is 9.59 Å². The number of thioether (sulfide) groups is 1. The average molecular weight is 344 g/mol. The maximum atomic E-state index is 12.6. The molecular weight excluding hydrogens is 332 g/mol.